The summed E-state index contributed by atoms with van der Waals surface area (Å²) in [5.74, 6) is -1.62. The molecule has 4 rings (SSSR count). The lowest BCUT2D eigenvalue weighted by Crippen LogP contribution is -2.41. The molecule has 1 saturated heterocycles. The maximum absolute atomic E-state index is 13.3. The number of esters is 1. The molecule has 1 unspecified atom stereocenters. The number of halogens is 3. The average molecular weight is 493 g/mol. The van der Waals surface area contributed by atoms with Crippen molar-refractivity contribution in [2.75, 3.05) is 19.7 Å². The van der Waals surface area contributed by atoms with Crippen LogP contribution in [0.4, 0.5) is 13.2 Å². The Morgan fingerprint density at radius 3 is 2.77 bits per heavy atom. The number of likely N-dealkylation sites (tertiary alicyclic amines) is 1. The molecular weight excluding hydrogens is 467 g/mol. The number of pyridine rings is 1. The van der Waals surface area contributed by atoms with Gasteiger partial charge in [-0.3, -0.25) is 19.3 Å². The molecule has 0 radical (unpaired) electrons. The molecule has 2 aliphatic rings. The van der Waals surface area contributed by atoms with Crippen molar-refractivity contribution < 1.29 is 32.3 Å². The summed E-state index contributed by atoms with van der Waals surface area (Å²) >= 11 is 0. The van der Waals surface area contributed by atoms with Crippen molar-refractivity contribution in [3.8, 4) is 0 Å². The Hall–Kier alpha value is -3.44. The van der Waals surface area contributed by atoms with Gasteiger partial charge >= 0.3 is 12.1 Å². The van der Waals surface area contributed by atoms with E-state index >= 15 is 0 Å². The summed E-state index contributed by atoms with van der Waals surface area (Å²) in [5, 5.41) is 4.11. The first-order chi connectivity index (χ1) is 16.7. The zero-order valence-corrected chi connectivity index (χ0v) is 19.3. The monoisotopic (exact) mass is 493 g/mol. The number of hydrogen-bond donors (Lipinski definition) is 0. The number of carbonyl (C=O) groups is 3. The molecule has 9 nitrogen and oxygen atoms in total. The molecule has 0 saturated carbocycles. The number of aryl methyl sites for hydroxylation is 1. The molecule has 1 atom stereocenters. The number of nitrogens with zero attached hydrogens (tertiary/aromatic N) is 5. The van der Waals surface area contributed by atoms with Crippen molar-refractivity contribution >= 4 is 17.8 Å². The van der Waals surface area contributed by atoms with Crippen LogP contribution < -0.4 is 0 Å². The number of ether oxygens (including phenoxy) is 1. The molecule has 2 aliphatic heterocycles. The predicted molar refractivity (Wildman–Crippen MR) is 116 cm³/mol. The van der Waals surface area contributed by atoms with Crippen LogP contribution in [0.2, 0.25) is 0 Å². The molecule has 35 heavy (non-hydrogen) atoms. The van der Waals surface area contributed by atoms with Crippen LogP contribution in [0.5, 0.6) is 0 Å². The molecule has 2 aromatic rings. The highest BCUT2D eigenvalue weighted by Crippen LogP contribution is 2.29. The molecule has 0 N–H and O–H groups in total. The zero-order valence-electron chi connectivity index (χ0n) is 19.3. The number of carbonyl (C=O) groups excluding carboxylic acids is 3. The largest absolute Gasteiger partial charge is 0.461 e. The normalized spacial score (nSPS) is 18.1. The van der Waals surface area contributed by atoms with Gasteiger partial charge in [-0.25, -0.2) is 4.79 Å². The van der Waals surface area contributed by atoms with Crippen LogP contribution in [0, 0.1) is 5.92 Å². The number of amides is 2. The number of rotatable bonds is 7. The Morgan fingerprint density at radius 1 is 1.29 bits per heavy atom. The summed E-state index contributed by atoms with van der Waals surface area (Å²) < 4.78 is 44.6. The van der Waals surface area contributed by atoms with Gasteiger partial charge in [-0.2, -0.15) is 18.3 Å². The fourth-order valence-electron chi connectivity index (χ4n) is 4.52. The van der Waals surface area contributed by atoms with Crippen LogP contribution in [0.3, 0.4) is 0 Å². The van der Waals surface area contributed by atoms with Gasteiger partial charge in [0.05, 0.1) is 18.9 Å². The van der Waals surface area contributed by atoms with E-state index in [1.165, 1.54) is 4.68 Å². The Labute approximate surface area is 199 Å². The Kier molecular flexibility index (Phi) is 7.08. The van der Waals surface area contributed by atoms with Crippen LogP contribution in [-0.2, 0) is 40.4 Å². The van der Waals surface area contributed by atoms with Crippen molar-refractivity contribution in [1.82, 2.24) is 24.6 Å². The summed E-state index contributed by atoms with van der Waals surface area (Å²) in [4.78, 5) is 45.4. The number of fused-ring (bicyclic) bond motifs is 1. The van der Waals surface area contributed by atoms with Crippen LogP contribution in [0.1, 0.15) is 47.1 Å². The van der Waals surface area contributed by atoms with Gasteiger partial charge in [0.15, 0.2) is 5.69 Å². The fourth-order valence-corrected chi connectivity index (χ4v) is 4.52. The molecule has 0 bridgehead atoms. The van der Waals surface area contributed by atoms with Gasteiger partial charge in [-0.1, -0.05) is 6.07 Å². The van der Waals surface area contributed by atoms with Gasteiger partial charge in [0, 0.05) is 69.2 Å². The highest BCUT2D eigenvalue weighted by atomic mass is 19.4. The van der Waals surface area contributed by atoms with Gasteiger partial charge in [0.2, 0.25) is 11.8 Å². The first-order valence-corrected chi connectivity index (χ1v) is 11.4. The average Bonchev–Trinajstić information content (AvgIpc) is 3.37. The quantitative estimate of drug-likeness (QED) is 0.550. The fraction of sp³-hybridized carbons (Fsp3) is 0.522. The van der Waals surface area contributed by atoms with E-state index in [2.05, 4.69) is 10.1 Å². The number of alkyl halides is 3. The maximum Gasteiger partial charge on any atom is 0.390 e. The van der Waals surface area contributed by atoms with E-state index in [0.29, 0.717) is 17.8 Å². The smallest absolute Gasteiger partial charge is 0.390 e. The molecule has 188 valence electrons. The van der Waals surface area contributed by atoms with E-state index < -0.39 is 31.0 Å². The van der Waals surface area contributed by atoms with Gasteiger partial charge in [0.1, 0.15) is 0 Å². The molecule has 0 aliphatic carbocycles. The van der Waals surface area contributed by atoms with Crippen LogP contribution in [0.25, 0.3) is 0 Å². The highest BCUT2D eigenvalue weighted by Gasteiger charge is 2.39. The second-order valence-corrected chi connectivity index (χ2v) is 8.63. The van der Waals surface area contributed by atoms with Crippen LogP contribution in [-0.4, -0.2) is 68.2 Å². The topological polar surface area (TPSA) is 97.6 Å². The van der Waals surface area contributed by atoms with Gasteiger partial charge < -0.3 is 14.5 Å². The minimum Gasteiger partial charge on any atom is -0.461 e. The van der Waals surface area contributed by atoms with E-state index in [0.717, 1.165) is 5.56 Å². The summed E-state index contributed by atoms with van der Waals surface area (Å²) in [7, 11) is 0. The molecular formula is C23H26F3N5O4. The third kappa shape index (κ3) is 5.63. The van der Waals surface area contributed by atoms with E-state index in [1.807, 2.05) is 6.07 Å². The Balaban J connectivity index is 1.48. The first-order valence-electron chi connectivity index (χ1n) is 11.4. The molecule has 2 aromatic heterocycles. The van der Waals surface area contributed by atoms with Gasteiger partial charge in [-0.05, 0) is 18.6 Å². The van der Waals surface area contributed by atoms with Crippen molar-refractivity contribution in [1.29, 1.82) is 0 Å². The van der Waals surface area contributed by atoms with Crippen molar-refractivity contribution in [3.63, 3.8) is 0 Å². The molecule has 0 aromatic carbocycles. The highest BCUT2D eigenvalue weighted by molar-refractivity contribution is 5.91. The lowest BCUT2D eigenvalue weighted by molar-refractivity contribution is -0.137. The van der Waals surface area contributed by atoms with Crippen molar-refractivity contribution in [2.45, 2.75) is 52.0 Å². The van der Waals surface area contributed by atoms with E-state index in [4.69, 9.17) is 4.74 Å². The number of aromatic nitrogens is 3. The standard InChI is InChI=1S/C23H26F3N5O4/c1-2-35-22(34)20-17-14-29(8-5-18(17)31(28-20)9-6-23(24,25)26)21(33)16-10-19(32)30(13-16)12-15-4-3-7-27-11-15/h3-4,7,11,16H,2,5-6,8-10,12-14H2,1H3. The SMILES string of the molecule is CCOC(=O)c1nn(CCC(F)(F)F)c2c1CN(C(=O)C1CC(=O)N(Cc3cccnc3)C1)CC2. The Bertz CT molecular complexity index is 1100. The lowest BCUT2D eigenvalue weighted by Gasteiger charge is -2.30. The molecule has 2 amide bonds. The Morgan fingerprint density at radius 2 is 2.09 bits per heavy atom. The van der Waals surface area contributed by atoms with Crippen LogP contribution >= 0.6 is 0 Å². The third-order valence-electron chi connectivity index (χ3n) is 6.18. The summed E-state index contributed by atoms with van der Waals surface area (Å²) in [6.07, 6.45) is -1.80. The van der Waals surface area contributed by atoms with Gasteiger partial charge in [-0.15, -0.1) is 0 Å². The molecule has 1 fully saturated rings. The molecule has 12 heteroatoms. The number of hydrogen-bond acceptors (Lipinski definition) is 6. The zero-order chi connectivity index (χ0) is 25.2. The van der Waals surface area contributed by atoms with E-state index in [1.54, 1.807) is 35.2 Å². The summed E-state index contributed by atoms with van der Waals surface area (Å²) in [5.41, 5.74) is 1.70. The molecule has 4 heterocycles. The predicted octanol–water partition coefficient (Wildman–Crippen LogP) is 2.34. The maximum atomic E-state index is 13.3. The minimum atomic E-state index is -4.36. The molecule has 0 spiro atoms. The summed E-state index contributed by atoms with van der Waals surface area (Å²) in [6, 6.07) is 3.63. The second kappa shape index (κ2) is 10.0. The van der Waals surface area contributed by atoms with Gasteiger partial charge in [0.25, 0.3) is 0 Å². The summed E-state index contributed by atoms with van der Waals surface area (Å²) in [6.45, 7) is 2.21. The second-order valence-electron chi connectivity index (χ2n) is 8.63. The van der Waals surface area contributed by atoms with Crippen LogP contribution in [0.15, 0.2) is 24.5 Å². The van der Waals surface area contributed by atoms with E-state index in [-0.39, 0.29) is 56.6 Å². The first kappa shape index (κ1) is 24.7. The van der Waals surface area contributed by atoms with Crippen molar-refractivity contribution in [3.05, 3.63) is 47.0 Å². The van der Waals surface area contributed by atoms with Crippen molar-refractivity contribution in [2.24, 2.45) is 5.92 Å². The lowest BCUT2D eigenvalue weighted by atomic mass is 10.0. The van der Waals surface area contributed by atoms with E-state index in [9.17, 15) is 27.6 Å². The third-order valence-corrected chi connectivity index (χ3v) is 6.18. The minimum absolute atomic E-state index is 0.0294.